The number of nitrogens with two attached hydrogens (primary N) is 2. The smallest absolute Gasteiger partial charge is 0.325 e. The zero-order chi connectivity index (χ0) is 52.1. The van der Waals surface area contributed by atoms with Gasteiger partial charge in [0.05, 0.1) is 109 Å². The van der Waals surface area contributed by atoms with Gasteiger partial charge in [0, 0.05) is 63.5 Å². The number of benzene rings is 4. The molecule has 7 N–H and O–H groups in total. The van der Waals surface area contributed by atoms with E-state index in [1.807, 2.05) is 21.9 Å². The minimum atomic E-state index is -0.359. The number of ketones is 2. The highest BCUT2D eigenvalue weighted by Crippen LogP contribution is 2.40. The molecule has 4 aromatic carbocycles. The molecule has 5 aliphatic rings. The molecule has 0 aromatic heterocycles. The fraction of sp³-hybridized carbons (Fsp3) is 0.319. The summed E-state index contributed by atoms with van der Waals surface area (Å²) in [6.45, 7) is 7.18. The van der Waals surface area contributed by atoms with E-state index >= 15 is 0 Å². The number of fused-ring (bicyclic) bond motifs is 5. The fourth-order valence-corrected chi connectivity index (χ4v) is 8.84. The minimum Gasteiger partial charge on any atom is -0.465 e. The van der Waals surface area contributed by atoms with E-state index in [0.29, 0.717) is 122 Å². The average molecular weight is 1270 g/mol. The van der Waals surface area contributed by atoms with Crippen LogP contribution in [-0.4, -0.2) is 101 Å². The topological polar surface area (TPSA) is 253 Å². The first-order chi connectivity index (χ1) is 33.8. The third kappa shape index (κ3) is 17.3. The standard InChI is InChI=1S/C12H13Cl2N3O2.C11H14Cl2N2O2.2C11H8Cl2N2O.CBrN.CH4.ClH.H2O/c1-2-19-10(18)6-17-5-7-9(16-12(17)15)4-3-8(13)11(7)14;1-2-17-10(16)6-15-5-7-9(14)4-3-8(12)11(7)13;2*12-8-1-2-9-7(11(8)13)5-15-4-6(16)3-10(15)14-9;2-1-3;;;/h3-4H,2,5-6H2,1H3,(H2,15,16);3-4,15H,2,5-6,14H2,1H3;2*1-2H,3-5H2;;1H4;1H;1H2. The van der Waals surface area contributed by atoms with Gasteiger partial charge in [-0.1, -0.05) is 100 Å². The van der Waals surface area contributed by atoms with Crippen LogP contribution in [0.5, 0.6) is 0 Å². The highest BCUT2D eigenvalue weighted by atomic mass is 79.9. The molecule has 2 fully saturated rings. The maximum Gasteiger partial charge on any atom is 0.325 e. The van der Waals surface area contributed by atoms with Crippen molar-refractivity contribution in [3.63, 3.8) is 0 Å². The second kappa shape index (κ2) is 31.0. The number of nitrogens with one attached hydrogen (secondary N) is 1. The van der Waals surface area contributed by atoms with Crippen molar-refractivity contribution in [2.24, 2.45) is 20.7 Å². The molecule has 0 aliphatic carbocycles. The number of nitrogens with zero attached hydrogens (tertiary/aromatic N) is 7. The molecule has 9 rings (SSSR count). The fourth-order valence-electron chi connectivity index (χ4n) is 7.24. The zero-order valence-electron chi connectivity index (χ0n) is 38.6. The number of hydrogen-bond donors (Lipinski definition) is 3. The third-order valence-corrected chi connectivity index (χ3v) is 13.9. The van der Waals surface area contributed by atoms with Crippen LogP contribution in [0.2, 0.25) is 40.2 Å². The van der Waals surface area contributed by atoms with E-state index in [1.165, 1.54) is 0 Å². The maximum absolute atomic E-state index is 11.5. The van der Waals surface area contributed by atoms with Crippen molar-refractivity contribution < 1.29 is 34.1 Å². The predicted molar refractivity (Wildman–Crippen MR) is 303 cm³/mol. The molecule has 0 unspecified atom stereocenters. The number of halogens is 10. The molecule has 2 saturated heterocycles. The summed E-state index contributed by atoms with van der Waals surface area (Å²) in [5, 5.41) is 14.0. The van der Waals surface area contributed by atoms with Crippen molar-refractivity contribution >= 4 is 185 Å². The molecular weight excluding hydrogens is 1220 g/mol. The molecule has 4 aromatic rings. The Morgan fingerprint density at radius 1 is 0.662 bits per heavy atom. The Kier molecular flexibility index (Phi) is 27.6. The number of aliphatic imine (C=N–C) groups is 3. The lowest BCUT2D eigenvalue weighted by atomic mass is 10.1. The summed E-state index contributed by atoms with van der Waals surface area (Å²) >= 11 is 50.6. The first kappa shape index (κ1) is 65.8. The van der Waals surface area contributed by atoms with Crippen molar-refractivity contribution in [3.8, 4) is 4.98 Å². The Hall–Kier alpha value is -4.33. The molecule has 400 valence electrons. The van der Waals surface area contributed by atoms with Gasteiger partial charge in [-0.2, -0.15) is 5.26 Å². The molecule has 0 atom stereocenters. The Labute approximate surface area is 482 Å². The number of hydrogen-bond acceptors (Lipinski definition) is 16. The van der Waals surface area contributed by atoms with Crippen LogP contribution in [0.1, 0.15) is 56.4 Å². The highest BCUT2D eigenvalue weighted by Gasteiger charge is 2.32. The van der Waals surface area contributed by atoms with Gasteiger partial charge >= 0.3 is 11.9 Å². The van der Waals surface area contributed by atoms with Crippen molar-refractivity contribution in [2.45, 2.75) is 60.3 Å². The summed E-state index contributed by atoms with van der Waals surface area (Å²) in [4.78, 5) is 65.4. The van der Waals surface area contributed by atoms with Crippen LogP contribution in [0, 0.1) is 10.2 Å². The largest absolute Gasteiger partial charge is 0.465 e. The molecule has 74 heavy (non-hydrogen) atoms. The van der Waals surface area contributed by atoms with Gasteiger partial charge in [-0.15, -0.1) is 12.4 Å². The van der Waals surface area contributed by atoms with Crippen LogP contribution < -0.4 is 16.8 Å². The van der Waals surface area contributed by atoms with Gasteiger partial charge in [0.25, 0.3) is 0 Å². The van der Waals surface area contributed by atoms with E-state index in [1.54, 1.807) is 60.1 Å². The van der Waals surface area contributed by atoms with Crippen LogP contribution in [0.3, 0.4) is 0 Å². The van der Waals surface area contributed by atoms with Gasteiger partial charge in [0.1, 0.15) is 23.2 Å². The summed E-state index contributed by atoms with van der Waals surface area (Å²) in [6.07, 6.45) is 0.860. The normalized spacial score (nSPS) is 13.9. The van der Waals surface area contributed by atoms with E-state index in [4.69, 9.17) is 119 Å². The lowest BCUT2D eigenvalue weighted by molar-refractivity contribution is -0.144. The number of esters is 2. The van der Waals surface area contributed by atoms with Gasteiger partial charge in [0.15, 0.2) is 17.5 Å². The number of nitrogen functional groups attached to an aromatic ring is 1. The number of nitriles is 1. The van der Waals surface area contributed by atoms with E-state index < -0.39 is 0 Å². The third-order valence-electron chi connectivity index (χ3n) is 10.5. The highest BCUT2D eigenvalue weighted by molar-refractivity contribution is 9.12. The number of guanidine groups is 1. The van der Waals surface area contributed by atoms with Crippen LogP contribution in [-0.2, 0) is 54.8 Å². The molecular formula is C47H50BrCl9N10O7. The molecule has 5 aliphatic heterocycles. The van der Waals surface area contributed by atoms with Crippen LogP contribution in [0.25, 0.3) is 0 Å². The van der Waals surface area contributed by atoms with E-state index in [-0.39, 0.29) is 67.9 Å². The summed E-state index contributed by atoms with van der Waals surface area (Å²) in [6, 6.07) is 13.9. The summed E-state index contributed by atoms with van der Waals surface area (Å²) < 4.78 is 9.66. The molecule has 27 heteroatoms. The first-order valence-corrected chi connectivity index (χ1v) is 25.0. The van der Waals surface area contributed by atoms with Crippen molar-refractivity contribution in [1.29, 1.82) is 5.26 Å². The van der Waals surface area contributed by atoms with Crippen molar-refractivity contribution in [2.75, 3.05) is 45.1 Å². The predicted octanol–water partition coefficient (Wildman–Crippen LogP) is 11.3. The van der Waals surface area contributed by atoms with Crippen molar-refractivity contribution in [3.05, 3.63) is 111 Å². The van der Waals surface area contributed by atoms with Gasteiger partial charge in [-0.05, 0) is 62.4 Å². The summed E-state index contributed by atoms with van der Waals surface area (Å²) in [7, 11) is 0. The van der Waals surface area contributed by atoms with Gasteiger partial charge in [-0.25, -0.2) is 15.0 Å². The molecule has 17 nitrogen and oxygen atoms in total. The number of amidine groups is 2. The minimum absolute atomic E-state index is 0. The molecule has 0 saturated carbocycles. The Morgan fingerprint density at radius 2 is 1.05 bits per heavy atom. The Bertz CT molecular complexity index is 2760. The quantitative estimate of drug-likeness (QED) is 0.110. The van der Waals surface area contributed by atoms with Gasteiger partial charge in [-0.3, -0.25) is 19.2 Å². The van der Waals surface area contributed by atoms with E-state index in [9.17, 15) is 19.2 Å². The lowest BCUT2D eigenvalue weighted by Gasteiger charge is -2.27. The summed E-state index contributed by atoms with van der Waals surface area (Å²) in [5.41, 5.74) is 17.7. The number of Topliss-reactive ketones (excluding diaryl/α,β-unsaturated/α-hetero) is 2. The Balaban J connectivity index is 0.000000328. The van der Waals surface area contributed by atoms with E-state index in [0.717, 1.165) is 39.7 Å². The number of ether oxygens (including phenoxy) is 2. The maximum atomic E-state index is 11.5. The monoisotopic (exact) mass is 1260 g/mol. The van der Waals surface area contributed by atoms with Gasteiger partial charge < -0.3 is 46.4 Å². The zero-order valence-corrected chi connectivity index (χ0v) is 47.1. The molecule has 0 bridgehead atoms. The summed E-state index contributed by atoms with van der Waals surface area (Å²) in [5.74, 6) is 1.68. The number of anilines is 1. The molecule has 0 amide bonds. The second-order valence-electron chi connectivity index (χ2n) is 15.3. The number of rotatable bonds is 8. The van der Waals surface area contributed by atoms with Crippen LogP contribution >= 0.6 is 121 Å². The number of carbonyl (C=O) groups is 4. The second-order valence-corrected chi connectivity index (χ2v) is 18.8. The molecule has 0 radical (unpaired) electrons. The van der Waals surface area contributed by atoms with Crippen LogP contribution in [0.15, 0.2) is 63.5 Å². The van der Waals surface area contributed by atoms with Crippen LogP contribution in [0.4, 0.5) is 22.7 Å². The Morgan fingerprint density at radius 3 is 1.50 bits per heavy atom. The SMILES string of the molecule is C.CCOC(=O)CN1Cc2c(ccc(Cl)c2Cl)N=C1N.CCOC(=O)CNCc1c(N)ccc(Cl)c1Cl.Cl.N#CBr.O.O=C1CC2=Nc3ccc(Cl)c(Cl)c3CN2C1.O=C1CC2=Nc3ccc(Cl)c(Cl)c3CN2C1. The first-order valence-electron chi connectivity index (χ1n) is 21.2. The number of carbonyl (C=O) groups excluding carboxylic acids is 4. The molecule has 0 spiro atoms. The van der Waals surface area contributed by atoms with E-state index in [2.05, 4.69) is 36.2 Å². The van der Waals surface area contributed by atoms with Gasteiger partial charge in [0.2, 0.25) is 0 Å². The lowest BCUT2D eigenvalue weighted by Crippen LogP contribution is -2.42. The average Bonchev–Trinajstić information content (AvgIpc) is 3.89. The molecule has 5 heterocycles. The van der Waals surface area contributed by atoms with Crippen molar-refractivity contribution in [1.82, 2.24) is 20.0 Å².